The molecule has 0 fully saturated rings. The molecule has 1 aromatic carbocycles. The van der Waals surface area contributed by atoms with Gasteiger partial charge in [0.15, 0.2) is 0 Å². The van der Waals surface area contributed by atoms with Gasteiger partial charge < -0.3 is 0 Å². The van der Waals surface area contributed by atoms with Gasteiger partial charge in [0.25, 0.3) is 0 Å². The van der Waals surface area contributed by atoms with Crippen molar-refractivity contribution in [1.82, 2.24) is 10.4 Å². The van der Waals surface area contributed by atoms with E-state index in [0.29, 0.717) is 0 Å². The summed E-state index contributed by atoms with van der Waals surface area (Å²) in [7, 11) is 0. The Morgan fingerprint density at radius 3 is 2.82 bits per heavy atom. The standard InChI is InChI=1S/C13H14BrN3/c14-12-5-1-4-11(8-12)13(17-15)7-10-3-2-6-16-9-10/h1-6,8-9,13,17H,7,15H2. The first-order valence-electron chi connectivity index (χ1n) is 5.40. The van der Waals surface area contributed by atoms with E-state index < -0.39 is 0 Å². The number of halogens is 1. The van der Waals surface area contributed by atoms with Gasteiger partial charge in [0.05, 0.1) is 6.04 Å². The molecule has 0 aliphatic heterocycles. The number of hydrogen-bond acceptors (Lipinski definition) is 3. The molecule has 0 spiro atoms. The lowest BCUT2D eigenvalue weighted by molar-refractivity contribution is 0.551. The molecule has 2 aromatic rings. The van der Waals surface area contributed by atoms with E-state index in [1.165, 1.54) is 0 Å². The molecule has 0 radical (unpaired) electrons. The van der Waals surface area contributed by atoms with Gasteiger partial charge in [0.1, 0.15) is 0 Å². The van der Waals surface area contributed by atoms with E-state index in [2.05, 4.69) is 44.5 Å². The summed E-state index contributed by atoms with van der Waals surface area (Å²) < 4.78 is 1.06. The van der Waals surface area contributed by atoms with Crippen LogP contribution in [0.1, 0.15) is 17.2 Å². The zero-order valence-corrected chi connectivity index (χ0v) is 10.9. The van der Waals surface area contributed by atoms with Crippen LogP contribution in [0.2, 0.25) is 0 Å². The fourth-order valence-corrected chi connectivity index (χ4v) is 2.17. The van der Waals surface area contributed by atoms with Crippen LogP contribution in [0.25, 0.3) is 0 Å². The van der Waals surface area contributed by atoms with E-state index in [9.17, 15) is 0 Å². The van der Waals surface area contributed by atoms with E-state index in [1.807, 2.05) is 24.4 Å². The third kappa shape index (κ3) is 3.36. The number of nitrogens with two attached hydrogens (primary N) is 1. The highest BCUT2D eigenvalue weighted by molar-refractivity contribution is 9.10. The highest BCUT2D eigenvalue weighted by Gasteiger charge is 2.10. The number of pyridine rings is 1. The van der Waals surface area contributed by atoms with Gasteiger partial charge in [-0.2, -0.15) is 0 Å². The van der Waals surface area contributed by atoms with Crippen molar-refractivity contribution in [3.8, 4) is 0 Å². The van der Waals surface area contributed by atoms with Crippen molar-refractivity contribution in [2.24, 2.45) is 5.84 Å². The van der Waals surface area contributed by atoms with Crippen LogP contribution >= 0.6 is 15.9 Å². The maximum absolute atomic E-state index is 5.62. The third-order valence-electron chi connectivity index (χ3n) is 2.61. The number of rotatable bonds is 4. The van der Waals surface area contributed by atoms with Crippen LogP contribution in [0.4, 0.5) is 0 Å². The zero-order chi connectivity index (χ0) is 12.1. The Morgan fingerprint density at radius 1 is 1.29 bits per heavy atom. The number of benzene rings is 1. The smallest absolute Gasteiger partial charge is 0.0501 e. The molecule has 1 atom stereocenters. The molecule has 88 valence electrons. The van der Waals surface area contributed by atoms with E-state index >= 15 is 0 Å². The lowest BCUT2D eigenvalue weighted by Gasteiger charge is -2.16. The van der Waals surface area contributed by atoms with Crippen LogP contribution < -0.4 is 11.3 Å². The van der Waals surface area contributed by atoms with Crippen molar-refractivity contribution in [2.75, 3.05) is 0 Å². The van der Waals surface area contributed by atoms with Crippen molar-refractivity contribution in [3.05, 3.63) is 64.4 Å². The Kier molecular flexibility index (Phi) is 4.25. The molecule has 1 heterocycles. The average molecular weight is 292 g/mol. The van der Waals surface area contributed by atoms with Gasteiger partial charge in [0.2, 0.25) is 0 Å². The van der Waals surface area contributed by atoms with Crippen LogP contribution in [0, 0.1) is 0 Å². The molecule has 2 rings (SSSR count). The maximum Gasteiger partial charge on any atom is 0.0501 e. The van der Waals surface area contributed by atoms with Gasteiger partial charge in [-0.1, -0.05) is 34.1 Å². The van der Waals surface area contributed by atoms with E-state index in [1.54, 1.807) is 6.20 Å². The molecule has 0 bridgehead atoms. The largest absolute Gasteiger partial charge is 0.271 e. The monoisotopic (exact) mass is 291 g/mol. The first-order chi connectivity index (χ1) is 8.29. The highest BCUT2D eigenvalue weighted by atomic mass is 79.9. The number of nitrogens with zero attached hydrogens (tertiary/aromatic N) is 1. The van der Waals surface area contributed by atoms with Crippen molar-refractivity contribution in [2.45, 2.75) is 12.5 Å². The molecule has 3 nitrogen and oxygen atoms in total. The molecule has 0 amide bonds. The second kappa shape index (κ2) is 5.91. The van der Waals surface area contributed by atoms with Gasteiger partial charge in [-0.05, 0) is 35.7 Å². The highest BCUT2D eigenvalue weighted by Crippen LogP contribution is 2.20. The van der Waals surface area contributed by atoms with Crippen LogP contribution in [0.15, 0.2) is 53.3 Å². The quantitative estimate of drug-likeness (QED) is 0.672. The first kappa shape index (κ1) is 12.2. The molecule has 17 heavy (non-hydrogen) atoms. The maximum atomic E-state index is 5.62. The number of nitrogens with one attached hydrogen (secondary N) is 1. The minimum atomic E-state index is 0.0942. The number of hydrazine groups is 1. The minimum Gasteiger partial charge on any atom is -0.271 e. The molecular weight excluding hydrogens is 278 g/mol. The topological polar surface area (TPSA) is 50.9 Å². The Labute approximate surface area is 109 Å². The van der Waals surface area contributed by atoms with Gasteiger partial charge in [-0.3, -0.25) is 16.3 Å². The lowest BCUT2D eigenvalue weighted by atomic mass is 10.0. The minimum absolute atomic E-state index is 0.0942. The van der Waals surface area contributed by atoms with Gasteiger partial charge >= 0.3 is 0 Å². The van der Waals surface area contributed by atoms with E-state index in [4.69, 9.17) is 5.84 Å². The summed E-state index contributed by atoms with van der Waals surface area (Å²) in [5.41, 5.74) is 5.17. The van der Waals surface area contributed by atoms with Crippen LogP contribution in [0.3, 0.4) is 0 Å². The summed E-state index contributed by atoms with van der Waals surface area (Å²) >= 11 is 3.46. The molecule has 0 aliphatic carbocycles. The Morgan fingerprint density at radius 2 is 2.18 bits per heavy atom. The second-order valence-electron chi connectivity index (χ2n) is 3.84. The summed E-state index contributed by atoms with van der Waals surface area (Å²) in [5, 5.41) is 0. The fraction of sp³-hybridized carbons (Fsp3) is 0.154. The SMILES string of the molecule is NNC(Cc1cccnc1)c1cccc(Br)c1. The van der Waals surface area contributed by atoms with Crippen molar-refractivity contribution >= 4 is 15.9 Å². The van der Waals surface area contributed by atoms with Crippen LogP contribution in [-0.2, 0) is 6.42 Å². The van der Waals surface area contributed by atoms with Crippen LogP contribution in [-0.4, -0.2) is 4.98 Å². The van der Waals surface area contributed by atoms with Crippen molar-refractivity contribution < 1.29 is 0 Å². The Bertz CT molecular complexity index is 473. The predicted octanol–water partition coefficient (Wildman–Crippen LogP) is 2.59. The predicted molar refractivity (Wildman–Crippen MR) is 72.1 cm³/mol. The van der Waals surface area contributed by atoms with E-state index in [0.717, 1.165) is 22.0 Å². The van der Waals surface area contributed by atoms with Crippen LogP contribution in [0.5, 0.6) is 0 Å². The molecule has 0 saturated carbocycles. The fourth-order valence-electron chi connectivity index (χ4n) is 1.75. The summed E-state index contributed by atoms with van der Waals surface area (Å²) in [5.74, 6) is 5.62. The summed E-state index contributed by atoms with van der Waals surface area (Å²) in [4.78, 5) is 4.11. The first-order valence-corrected chi connectivity index (χ1v) is 6.19. The summed E-state index contributed by atoms with van der Waals surface area (Å²) in [6.07, 6.45) is 4.45. The van der Waals surface area contributed by atoms with Crippen molar-refractivity contribution in [1.29, 1.82) is 0 Å². The van der Waals surface area contributed by atoms with Crippen molar-refractivity contribution in [3.63, 3.8) is 0 Å². The normalized spacial score (nSPS) is 12.4. The van der Waals surface area contributed by atoms with Gasteiger partial charge in [0, 0.05) is 16.9 Å². The van der Waals surface area contributed by atoms with Gasteiger partial charge in [-0.25, -0.2) is 0 Å². The Balaban J connectivity index is 2.17. The molecule has 3 N–H and O–H groups in total. The number of hydrogen-bond donors (Lipinski definition) is 2. The second-order valence-corrected chi connectivity index (χ2v) is 4.76. The lowest BCUT2D eigenvalue weighted by Crippen LogP contribution is -2.29. The average Bonchev–Trinajstić information content (AvgIpc) is 2.37. The molecule has 0 aliphatic rings. The Hall–Kier alpha value is -1.23. The van der Waals surface area contributed by atoms with E-state index in [-0.39, 0.29) is 6.04 Å². The summed E-state index contributed by atoms with van der Waals surface area (Å²) in [6, 6.07) is 12.2. The molecule has 0 saturated heterocycles. The molecular formula is C13H14BrN3. The number of aromatic nitrogens is 1. The summed E-state index contributed by atoms with van der Waals surface area (Å²) in [6.45, 7) is 0. The molecule has 1 unspecified atom stereocenters. The van der Waals surface area contributed by atoms with Gasteiger partial charge in [-0.15, -0.1) is 0 Å². The zero-order valence-electron chi connectivity index (χ0n) is 9.31. The third-order valence-corrected chi connectivity index (χ3v) is 3.11. The molecule has 1 aromatic heterocycles. The molecule has 4 heteroatoms.